The summed E-state index contributed by atoms with van der Waals surface area (Å²) in [6.45, 7) is 1.68. The number of rotatable bonds is 5. The largest absolute Gasteiger partial charge is 0.493 e. The number of aromatic amines is 1. The van der Waals surface area contributed by atoms with Crippen LogP contribution in [-0.2, 0) is 0 Å². The number of hydrogen-bond acceptors (Lipinski definition) is 5. The van der Waals surface area contributed by atoms with Crippen LogP contribution in [0.5, 0.6) is 5.88 Å². The number of hydrogen-bond donors (Lipinski definition) is 3. The van der Waals surface area contributed by atoms with E-state index >= 15 is 0 Å². The van der Waals surface area contributed by atoms with E-state index in [4.69, 9.17) is 23.2 Å². The minimum Gasteiger partial charge on any atom is -0.493 e. The molecule has 0 fully saturated rings. The van der Waals surface area contributed by atoms with Gasteiger partial charge in [0.1, 0.15) is 5.56 Å². The van der Waals surface area contributed by atoms with E-state index in [1.165, 1.54) is 30.3 Å². The van der Waals surface area contributed by atoms with E-state index in [0.717, 1.165) is 4.57 Å². The molecule has 0 saturated carbocycles. The summed E-state index contributed by atoms with van der Waals surface area (Å²) in [7, 11) is 0. The first-order valence-corrected chi connectivity index (χ1v) is 9.55. The average molecular weight is 447 g/mol. The number of carbonyl (C=O) groups is 1. The van der Waals surface area contributed by atoms with Gasteiger partial charge in [0.15, 0.2) is 0 Å². The molecule has 3 aromatic rings. The lowest BCUT2D eigenvalue weighted by molar-refractivity contribution is 0.0955. The second-order valence-corrected chi connectivity index (χ2v) is 6.95. The van der Waals surface area contributed by atoms with Crippen LogP contribution in [0, 0.1) is 0 Å². The summed E-state index contributed by atoms with van der Waals surface area (Å²) in [5, 5.41) is 15.3. The minimum atomic E-state index is -0.838. The van der Waals surface area contributed by atoms with Crippen molar-refractivity contribution in [3.05, 3.63) is 90.5 Å². The van der Waals surface area contributed by atoms with Crippen molar-refractivity contribution >= 4 is 34.8 Å². The van der Waals surface area contributed by atoms with E-state index in [-0.39, 0.29) is 34.0 Å². The summed E-state index contributed by atoms with van der Waals surface area (Å²) in [5.41, 5.74) is 0.956. The van der Waals surface area contributed by atoms with Crippen LogP contribution in [0.25, 0.3) is 5.69 Å². The number of nitrogens with zero attached hydrogens (tertiary/aromatic N) is 2. The summed E-state index contributed by atoms with van der Waals surface area (Å²) in [5.74, 6) is -1.20. The van der Waals surface area contributed by atoms with Crippen molar-refractivity contribution in [2.24, 2.45) is 5.10 Å². The standard InChI is InChI=1S/C20H16Cl2N4O4/c1-2-15(24-25-17(27)13-5-3-4-6-14(13)22)16-18(28)23-20(30)26(19(16)29)12-9-7-11(21)8-10-12/h3-10,29H,2H2,1H3,(H,25,27)(H,23,28,30)/b24-15+. The molecule has 0 unspecified atom stereocenters. The number of aromatic hydroxyl groups is 1. The fourth-order valence-electron chi connectivity index (χ4n) is 2.75. The van der Waals surface area contributed by atoms with Gasteiger partial charge in [-0.25, -0.2) is 14.8 Å². The number of aromatic nitrogens is 2. The Balaban J connectivity index is 2.05. The van der Waals surface area contributed by atoms with Gasteiger partial charge in [0.25, 0.3) is 11.5 Å². The molecule has 0 aliphatic heterocycles. The number of benzene rings is 2. The van der Waals surface area contributed by atoms with Gasteiger partial charge >= 0.3 is 5.69 Å². The molecule has 0 bridgehead atoms. The number of amides is 1. The number of carbonyl (C=O) groups excluding carboxylic acids is 1. The average Bonchev–Trinajstić information content (AvgIpc) is 2.71. The Morgan fingerprint density at radius 3 is 2.43 bits per heavy atom. The minimum absolute atomic E-state index is 0.0665. The number of hydrazone groups is 1. The third-order valence-electron chi connectivity index (χ3n) is 4.21. The molecule has 0 radical (unpaired) electrons. The fraction of sp³-hybridized carbons (Fsp3) is 0.100. The van der Waals surface area contributed by atoms with Crippen LogP contribution in [0.4, 0.5) is 0 Å². The molecule has 1 heterocycles. The van der Waals surface area contributed by atoms with Gasteiger partial charge in [-0.2, -0.15) is 5.10 Å². The molecule has 0 aliphatic carbocycles. The maximum atomic E-state index is 12.4. The molecule has 30 heavy (non-hydrogen) atoms. The van der Waals surface area contributed by atoms with Crippen LogP contribution < -0.4 is 16.7 Å². The summed E-state index contributed by atoms with van der Waals surface area (Å²) >= 11 is 11.9. The third-order valence-corrected chi connectivity index (χ3v) is 4.79. The first-order valence-electron chi connectivity index (χ1n) is 8.79. The molecular formula is C20H16Cl2N4O4. The first-order chi connectivity index (χ1) is 14.3. The SMILES string of the molecule is CC/C(=N\NC(=O)c1ccccc1Cl)c1c(O)n(-c2ccc(Cl)cc2)c(=O)[nH]c1=O. The Kier molecular flexibility index (Phi) is 6.39. The molecule has 1 amide bonds. The molecule has 154 valence electrons. The highest BCUT2D eigenvalue weighted by Gasteiger charge is 2.20. The summed E-state index contributed by atoms with van der Waals surface area (Å²) in [6.07, 6.45) is 0.179. The first kappa shape index (κ1) is 21.4. The van der Waals surface area contributed by atoms with Crippen molar-refractivity contribution in [2.75, 3.05) is 0 Å². The van der Waals surface area contributed by atoms with Gasteiger partial charge in [0, 0.05) is 5.02 Å². The molecule has 0 spiro atoms. The predicted molar refractivity (Wildman–Crippen MR) is 115 cm³/mol. The maximum Gasteiger partial charge on any atom is 0.335 e. The van der Waals surface area contributed by atoms with Crippen molar-refractivity contribution in [3.8, 4) is 11.6 Å². The van der Waals surface area contributed by atoms with Crippen molar-refractivity contribution in [2.45, 2.75) is 13.3 Å². The quantitative estimate of drug-likeness (QED) is 0.412. The normalized spacial score (nSPS) is 11.4. The van der Waals surface area contributed by atoms with E-state index in [0.29, 0.717) is 5.02 Å². The number of nitrogens with one attached hydrogen (secondary N) is 2. The van der Waals surface area contributed by atoms with Gasteiger partial charge in [-0.3, -0.25) is 14.6 Å². The summed E-state index contributed by atoms with van der Waals surface area (Å²) < 4.78 is 0.911. The van der Waals surface area contributed by atoms with Crippen molar-refractivity contribution in [1.29, 1.82) is 0 Å². The highest BCUT2D eigenvalue weighted by atomic mass is 35.5. The Morgan fingerprint density at radius 1 is 1.13 bits per heavy atom. The Hall–Kier alpha value is -3.36. The number of H-pyrrole nitrogens is 1. The molecule has 0 saturated heterocycles. The molecule has 2 aromatic carbocycles. The van der Waals surface area contributed by atoms with Gasteiger partial charge in [-0.1, -0.05) is 42.3 Å². The van der Waals surface area contributed by atoms with E-state index in [9.17, 15) is 19.5 Å². The Labute approximate surface area is 180 Å². The maximum absolute atomic E-state index is 12.4. The van der Waals surface area contributed by atoms with Crippen LogP contribution >= 0.6 is 23.2 Å². The van der Waals surface area contributed by atoms with Crippen molar-refractivity contribution in [3.63, 3.8) is 0 Å². The zero-order valence-electron chi connectivity index (χ0n) is 15.6. The lowest BCUT2D eigenvalue weighted by Gasteiger charge is -2.12. The van der Waals surface area contributed by atoms with Crippen LogP contribution in [0.15, 0.2) is 63.2 Å². The van der Waals surface area contributed by atoms with E-state index in [1.54, 1.807) is 25.1 Å². The van der Waals surface area contributed by atoms with E-state index in [1.807, 2.05) is 0 Å². The van der Waals surface area contributed by atoms with Crippen LogP contribution in [0.3, 0.4) is 0 Å². The van der Waals surface area contributed by atoms with Crippen LogP contribution in [-0.4, -0.2) is 26.3 Å². The van der Waals surface area contributed by atoms with Crippen molar-refractivity contribution in [1.82, 2.24) is 15.0 Å². The van der Waals surface area contributed by atoms with E-state index in [2.05, 4.69) is 15.5 Å². The second kappa shape index (κ2) is 8.98. The van der Waals surface area contributed by atoms with Crippen molar-refractivity contribution < 1.29 is 9.90 Å². The molecule has 0 aliphatic rings. The zero-order valence-corrected chi connectivity index (χ0v) is 17.2. The fourth-order valence-corrected chi connectivity index (χ4v) is 3.10. The van der Waals surface area contributed by atoms with Crippen LogP contribution in [0.1, 0.15) is 29.3 Å². The molecule has 8 nitrogen and oxygen atoms in total. The second-order valence-electron chi connectivity index (χ2n) is 6.10. The van der Waals surface area contributed by atoms with Gasteiger partial charge in [0.2, 0.25) is 5.88 Å². The lowest BCUT2D eigenvalue weighted by atomic mass is 10.1. The summed E-state index contributed by atoms with van der Waals surface area (Å²) in [4.78, 5) is 39.2. The summed E-state index contributed by atoms with van der Waals surface area (Å²) in [6, 6.07) is 12.5. The Bertz CT molecular complexity index is 1250. The molecule has 10 heteroatoms. The zero-order chi connectivity index (χ0) is 21.8. The molecular weight excluding hydrogens is 431 g/mol. The van der Waals surface area contributed by atoms with Gasteiger partial charge in [-0.15, -0.1) is 0 Å². The monoisotopic (exact) mass is 446 g/mol. The molecule has 0 atom stereocenters. The highest BCUT2D eigenvalue weighted by Crippen LogP contribution is 2.20. The number of halogens is 2. The predicted octanol–water partition coefficient (Wildman–Crippen LogP) is 3.08. The van der Waals surface area contributed by atoms with Crippen LogP contribution in [0.2, 0.25) is 10.0 Å². The highest BCUT2D eigenvalue weighted by molar-refractivity contribution is 6.33. The third kappa shape index (κ3) is 4.29. The lowest BCUT2D eigenvalue weighted by Crippen LogP contribution is -2.34. The van der Waals surface area contributed by atoms with E-state index < -0.39 is 23.0 Å². The van der Waals surface area contributed by atoms with Gasteiger partial charge < -0.3 is 5.11 Å². The molecule has 3 rings (SSSR count). The van der Waals surface area contributed by atoms with Gasteiger partial charge in [-0.05, 0) is 42.8 Å². The topological polar surface area (TPSA) is 117 Å². The molecule has 1 aromatic heterocycles. The Morgan fingerprint density at radius 2 is 1.80 bits per heavy atom. The molecule has 3 N–H and O–H groups in total. The smallest absolute Gasteiger partial charge is 0.335 e. The van der Waals surface area contributed by atoms with Gasteiger partial charge in [0.05, 0.1) is 22.0 Å².